The summed E-state index contributed by atoms with van der Waals surface area (Å²) in [5.74, 6) is 2.24. The van der Waals surface area contributed by atoms with Crippen molar-refractivity contribution < 1.29 is 4.79 Å². The van der Waals surface area contributed by atoms with E-state index in [4.69, 9.17) is 0 Å². The molecule has 30 heavy (non-hydrogen) atoms. The van der Waals surface area contributed by atoms with E-state index < -0.39 is 0 Å². The van der Waals surface area contributed by atoms with Crippen molar-refractivity contribution in [3.63, 3.8) is 0 Å². The smallest absolute Gasteiger partial charge is 0.222 e. The van der Waals surface area contributed by atoms with Crippen LogP contribution in [0, 0.1) is 0 Å². The number of benzene rings is 1. The minimum Gasteiger partial charge on any atom is -0.354 e. The van der Waals surface area contributed by atoms with Crippen molar-refractivity contribution in [3.05, 3.63) is 48.3 Å². The van der Waals surface area contributed by atoms with Crippen LogP contribution < -0.4 is 9.80 Å². The molecule has 0 spiro atoms. The monoisotopic (exact) mass is 408 g/mol. The Balaban J connectivity index is 1.25. The fourth-order valence-electron chi connectivity index (χ4n) is 4.15. The quantitative estimate of drug-likeness (QED) is 0.728. The molecule has 0 N–H and O–H groups in total. The van der Waals surface area contributed by atoms with E-state index in [1.807, 2.05) is 11.0 Å². The first kappa shape index (κ1) is 20.6. The standard InChI is InChI=1S/C23H32N6O/c1-26-10-12-27(13-11-26)21-18-22(25-19-24-21)28-14-16-29(17-15-28)23(30)9-5-8-20-6-3-2-4-7-20/h2-4,6-7,18-19H,5,8-17H2,1H3. The maximum absolute atomic E-state index is 12.6. The molecule has 4 rings (SSSR count). The molecule has 2 aliphatic heterocycles. The Morgan fingerprint density at radius 3 is 2.10 bits per heavy atom. The summed E-state index contributed by atoms with van der Waals surface area (Å²) < 4.78 is 0. The Hall–Kier alpha value is -2.67. The molecule has 3 heterocycles. The second-order valence-corrected chi connectivity index (χ2v) is 8.23. The Morgan fingerprint density at radius 2 is 1.47 bits per heavy atom. The van der Waals surface area contributed by atoms with Gasteiger partial charge in [-0.2, -0.15) is 0 Å². The molecule has 0 saturated carbocycles. The first-order chi connectivity index (χ1) is 14.7. The van der Waals surface area contributed by atoms with Crippen molar-refractivity contribution in [3.8, 4) is 0 Å². The van der Waals surface area contributed by atoms with Crippen molar-refractivity contribution in [1.82, 2.24) is 19.8 Å². The van der Waals surface area contributed by atoms with Crippen molar-refractivity contribution in [1.29, 1.82) is 0 Å². The Bertz CT molecular complexity index is 813. The van der Waals surface area contributed by atoms with Crippen molar-refractivity contribution in [2.75, 3.05) is 69.2 Å². The molecule has 1 amide bonds. The van der Waals surface area contributed by atoms with Gasteiger partial charge in [0.15, 0.2) is 0 Å². The highest BCUT2D eigenvalue weighted by Crippen LogP contribution is 2.20. The van der Waals surface area contributed by atoms with Gasteiger partial charge in [-0.1, -0.05) is 30.3 Å². The topological polar surface area (TPSA) is 55.8 Å². The summed E-state index contributed by atoms with van der Waals surface area (Å²) in [6.07, 6.45) is 4.16. The van der Waals surface area contributed by atoms with E-state index in [0.29, 0.717) is 6.42 Å². The van der Waals surface area contributed by atoms with Crippen LogP contribution >= 0.6 is 0 Å². The molecule has 1 aromatic carbocycles. The largest absolute Gasteiger partial charge is 0.354 e. The van der Waals surface area contributed by atoms with Gasteiger partial charge in [0.05, 0.1) is 0 Å². The Labute approximate surface area is 179 Å². The zero-order valence-electron chi connectivity index (χ0n) is 17.9. The van der Waals surface area contributed by atoms with Crippen LogP contribution in [0.25, 0.3) is 0 Å². The number of hydrogen-bond donors (Lipinski definition) is 0. The number of rotatable bonds is 6. The third-order valence-electron chi connectivity index (χ3n) is 6.12. The van der Waals surface area contributed by atoms with Gasteiger partial charge >= 0.3 is 0 Å². The van der Waals surface area contributed by atoms with E-state index in [-0.39, 0.29) is 5.91 Å². The highest BCUT2D eigenvalue weighted by molar-refractivity contribution is 5.76. The van der Waals surface area contributed by atoms with Gasteiger partial charge in [0, 0.05) is 64.8 Å². The average Bonchev–Trinajstić information content (AvgIpc) is 2.80. The molecule has 2 fully saturated rings. The summed E-state index contributed by atoms with van der Waals surface area (Å²) in [7, 11) is 2.16. The summed E-state index contributed by atoms with van der Waals surface area (Å²) in [4.78, 5) is 30.5. The zero-order chi connectivity index (χ0) is 20.8. The van der Waals surface area contributed by atoms with Crippen LogP contribution in [0.1, 0.15) is 18.4 Å². The molecule has 2 aromatic rings. The molecule has 2 saturated heterocycles. The molecule has 0 aliphatic carbocycles. The second kappa shape index (κ2) is 9.89. The average molecular weight is 409 g/mol. The minimum absolute atomic E-state index is 0.270. The third-order valence-corrected chi connectivity index (χ3v) is 6.12. The number of likely N-dealkylation sites (N-methyl/N-ethyl adjacent to an activating group) is 1. The molecule has 7 heteroatoms. The first-order valence-electron chi connectivity index (χ1n) is 11.0. The first-order valence-corrected chi connectivity index (χ1v) is 11.0. The van der Waals surface area contributed by atoms with E-state index >= 15 is 0 Å². The fraction of sp³-hybridized carbons (Fsp3) is 0.522. The molecule has 1 aromatic heterocycles. The van der Waals surface area contributed by atoms with Gasteiger partial charge in [0.2, 0.25) is 5.91 Å². The van der Waals surface area contributed by atoms with Crippen molar-refractivity contribution in [2.45, 2.75) is 19.3 Å². The van der Waals surface area contributed by atoms with Crippen LogP contribution in [0.3, 0.4) is 0 Å². The lowest BCUT2D eigenvalue weighted by Gasteiger charge is -2.36. The number of anilines is 2. The van der Waals surface area contributed by atoms with Crippen LogP contribution in [0.5, 0.6) is 0 Å². The lowest BCUT2D eigenvalue weighted by Crippen LogP contribution is -2.49. The number of carbonyl (C=O) groups excluding carboxylic acids is 1. The molecule has 7 nitrogen and oxygen atoms in total. The number of carbonyl (C=O) groups is 1. The summed E-state index contributed by atoms with van der Waals surface area (Å²) >= 11 is 0. The summed E-state index contributed by atoms with van der Waals surface area (Å²) in [6, 6.07) is 12.5. The molecule has 0 radical (unpaired) electrons. The zero-order valence-corrected chi connectivity index (χ0v) is 17.9. The predicted octanol–water partition coefficient (Wildman–Crippen LogP) is 1.90. The fourth-order valence-corrected chi connectivity index (χ4v) is 4.15. The molecule has 160 valence electrons. The molecule has 0 atom stereocenters. The van der Waals surface area contributed by atoms with Crippen molar-refractivity contribution in [2.24, 2.45) is 0 Å². The van der Waals surface area contributed by atoms with E-state index in [1.54, 1.807) is 6.33 Å². The number of aryl methyl sites for hydroxylation is 1. The second-order valence-electron chi connectivity index (χ2n) is 8.23. The van der Waals surface area contributed by atoms with Gasteiger partial charge in [-0.25, -0.2) is 9.97 Å². The minimum atomic E-state index is 0.270. The summed E-state index contributed by atoms with van der Waals surface area (Å²) in [6.45, 7) is 7.29. The van der Waals surface area contributed by atoms with Crippen LogP contribution in [0.2, 0.25) is 0 Å². The summed E-state index contributed by atoms with van der Waals surface area (Å²) in [5.41, 5.74) is 1.30. The van der Waals surface area contributed by atoms with Crippen LogP contribution in [0.4, 0.5) is 11.6 Å². The number of amides is 1. The highest BCUT2D eigenvalue weighted by Gasteiger charge is 2.23. The van der Waals surface area contributed by atoms with Gasteiger partial charge in [0.25, 0.3) is 0 Å². The van der Waals surface area contributed by atoms with E-state index in [0.717, 1.165) is 76.8 Å². The van der Waals surface area contributed by atoms with Gasteiger partial charge < -0.3 is 19.6 Å². The molecule has 2 aliphatic rings. The molecular weight excluding hydrogens is 376 g/mol. The molecule has 0 bridgehead atoms. The SMILES string of the molecule is CN1CCN(c2cc(N3CCN(C(=O)CCCc4ccccc4)CC3)ncn2)CC1. The number of hydrogen-bond acceptors (Lipinski definition) is 6. The third kappa shape index (κ3) is 5.27. The highest BCUT2D eigenvalue weighted by atomic mass is 16.2. The number of nitrogens with zero attached hydrogens (tertiary/aromatic N) is 6. The van der Waals surface area contributed by atoms with Crippen LogP contribution in [-0.4, -0.2) is 85.1 Å². The van der Waals surface area contributed by atoms with Crippen LogP contribution in [0.15, 0.2) is 42.7 Å². The van der Waals surface area contributed by atoms with Crippen LogP contribution in [-0.2, 0) is 11.2 Å². The predicted molar refractivity (Wildman–Crippen MR) is 120 cm³/mol. The Kier molecular flexibility index (Phi) is 6.79. The number of piperazine rings is 2. The van der Waals surface area contributed by atoms with Gasteiger partial charge in [-0.05, 0) is 25.5 Å². The molecular formula is C23H32N6O. The van der Waals surface area contributed by atoms with Gasteiger partial charge in [-0.15, -0.1) is 0 Å². The van der Waals surface area contributed by atoms with Gasteiger partial charge in [0.1, 0.15) is 18.0 Å². The normalized spacial score (nSPS) is 18.0. The van der Waals surface area contributed by atoms with E-state index in [9.17, 15) is 4.79 Å². The lowest BCUT2D eigenvalue weighted by atomic mass is 10.1. The maximum atomic E-state index is 12.6. The van der Waals surface area contributed by atoms with E-state index in [1.165, 1.54) is 5.56 Å². The molecule has 0 unspecified atom stereocenters. The van der Waals surface area contributed by atoms with Crippen molar-refractivity contribution >= 4 is 17.5 Å². The number of aromatic nitrogens is 2. The Morgan fingerprint density at radius 1 is 0.867 bits per heavy atom. The van der Waals surface area contributed by atoms with Gasteiger partial charge in [-0.3, -0.25) is 4.79 Å². The van der Waals surface area contributed by atoms with E-state index in [2.05, 4.69) is 62.0 Å². The summed E-state index contributed by atoms with van der Waals surface area (Å²) in [5, 5.41) is 0. The maximum Gasteiger partial charge on any atom is 0.222 e. The lowest BCUT2D eigenvalue weighted by molar-refractivity contribution is -0.131.